The molecular weight excluding hydrogens is 262 g/mol. The van der Waals surface area contributed by atoms with E-state index in [0.29, 0.717) is 11.3 Å². The Morgan fingerprint density at radius 3 is 2.81 bits per heavy atom. The molecule has 2 rings (SSSR count). The highest BCUT2D eigenvalue weighted by Crippen LogP contribution is 2.20. The number of methoxy groups -OCH3 is 1. The zero-order chi connectivity index (χ0) is 15.1. The van der Waals surface area contributed by atoms with Crippen molar-refractivity contribution in [1.29, 1.82) is 5.26 Å². The first-order chi connectivity index (χ1) is 10.2. The van der Waals surface area contributed by atoms with Crippen molar-refractivity contribution in [2.24, 2.45) is 5.92 Å². The van der Waals surface area contributed by atoms with E-state index in [4.69, 9.17) is 10.00 Å². The Morgan fingerprint density at radius 1 is 1.38 bits per heavy atom. The Hall–Kier alpha value is -1.57. The summed E-state index contributed by atoms with van der Waals surface area (Å²) in [6.45, 7) is 4.35. The highest BCUT2D eigenvalue weighted by Gasteiger charge is 2.15. The molecule has 1 aliphatic heterocycles. The highest BCUT2D eigenvalue weighted by atomic mass is 16.5. The van der Waals surface area contributed by atoms with E-state index >= 15 is 0 Å². The van der Waals surface area contributed by atoms with E-state index in [1.165, 1.54) is 32.4 Å². The quantitative estimate of drug-likeness (QED) is 0.816. The molecule has 114 valence electrons. The average molecular weight is 287 g/mol. The molecule has 0 aromatic heterocycles. The zero-order valence-electron chi connectivity index (χ0n) is 13.1. The fraction of sp³-hybridized carbons (Fsp3) is 0.588. The van der Waals surface area contributed by atoms with Gasteiger partial charge in [-0.1, -0.05) is 6.07 Å². The van der Waals surface area contributed by atoms with Gasteiger partial charge in [-0.05, 0) is 69.6 Å². The summed E-state index contributed by atoms with van der Waals surface area (Å²) in [6.07, 6.45) is 3.90. The standard InChI is InChI=1S/C17H25N3O/c1-20-9-6-14(7-10-20)5-8-19-13-15-3-4-16(12-18)17(11-15)21-2/h3-4,11,14,19H,5-10,13H2,1-2H3. The predicted molar refractivity (Wildman–Crippen MR) is 84.3 cm³/mol. The van der Waals surface area contributed by atoms with Crippen LogP contribution in [0.25, 0.3) is 0 Å². The maximum atomic E-state index is 8.97. The molecule has 1 saturated heterocycles. The lowest BCUT2D eigenvalue weighted by atomic mass is 9.94. The third-order valence-corrected chi connectivity index (χ3v) is 4.28. The van der Waals surface area contributed by atoms with Gasteiger partial charge in [0.2, 0.25) is 0 Å². The van der Waals surface area contributed by atoms with Gasteiger partial charge in [-0.15, -0.1) is 0 Å². The van der Waals surface area contributed by atoms with E-state index in [1.807, 2.05) is 18.2 Å². The van der Waals surface area contributed by atoms with E-state index in [2.05, 4.69) is 23.3 Å². The third kappa shape index (κ3) is 4.73. The van der Waals surface area contributed by atoms with Crippen LogP contribution in [0.3, 0.4) is 0 Å². The minimum Gasteiger partial charge on any atom is -0.495 e. The van der Waals surface area contributed by atoms with Crippen molar-refractivity contribution < 1.29 is 4.74 Å². The second kappa shape index (κ2) is 8.02. The molecule has 21 heavy (non-hydrogen) atoms. The summed E-state index contributed by atoms with van der Waals surface area (Å²) in [7, 11) is 3.81. The monoisotopic (exact) mass is 287 g/mol. The number of hydrogen-bond donors (Lipinski definition) is 1. The third-order valence-electron chi connectivity index (χ3n) is 4.28. The van der Waals surface area contributed by atoms with E-state index < -0.39 is 0 Å². The van der Waals surface area contributed by atoms with E-state index in [0.717, 1.165) is 24.6 Å². The number of piperidine rings is 1. The Morgan fingerprint density at radius 2 is 2.14 bits per heavy atom. The topological polar surface area (TPSA) is 48.3 Å². The number of nitriles is 1. The zero-order valence-corrected chi connectivity index (χ0v) is 13.1. The van der Waals surface area contributed by atoms with Crippen LogP contribution in [0.15, 0.2) is 18.2 Å². The lowest BCUT2D eigenvalue weighted by Crippen LogP contribution is -2.31. The Bertz CT molecular complexity index is 487. The maximum absolute atomic E-state index is 8.97. The van der Waals surface area contributed by atoms with Crippen molar-refractivity contribution in [3.8, 4) is 11.8 Å². The van der Waals surface area contributed by atoms with Gasteiger partial charge < -0.3 is 15.0 Å². The summed E-state index contributed by atoms with van der Waals surface area (Å²) in [6, 6.07) is 7.90. The van der Waals surface area contributed by atoms with Crippen LogP contribution in [-0.2, 0) is 6.54 Å². The van der Waals surface area contributed by atoms with Crippen molar-refractivity contribution in [3.05, 3.63) is 29.3 Å². The van der Waals surface area contributed by atoms with Crippen LogP contribution in [0, 0.1) is 17.2 Å². The summed E-state index contributed by atoms with van der Waals surface area (Å²) in [5, 5.41) is 12.5. The van der Waals surface area contributed by atoms with Gasteiger partial charge in [0.25, 0.3) is 0 Å². The van der Waals surface area contributed by atoms with Gasteiger partial charge in [-0.25, -0.2) is 0 Å². The van der Waals surface area contributed by atoms with Gasteiger partial charge in [0.05, 0.1) is 12.7 Å². The summed E-state index contributed by atoms with van der Waals surface area (Å²) < 4.78 is 5.23. The number of nitrogens with zero attached hydrogens (tertiary/aromatic N) is 2. The van der Waals surface area contributed by atoms with Crippen molar-refractivity contribution in [3.63, 3.8) is 0 Å². The normalized spacial score (nSPS) is 16.6. The lowest BCUT2D eigenvalue weighted by Gasteiger charge is -2.28. The molecule has 1 aliphatic rings. The lowest BCUT2D eigenvalue weighted by molar-refractivity contribution is 0.211. The van der Waals surface area contributed by atoms with Crippen molar-refractivity contribution in [2.75, 3.05) is 33.8 Å². The minimum atomic E-state index is 0.590. The maximum Gasteiger partial charge on any atom is 0.136 e. The number of rotatable bonds is 6. The minimum absolute atomic E-state index is 0.590. The molecule has 0 saturated carbocycles. The molecule has 1 aromatic carbocycles. The fourth-order valence-electron chi connectivity index (χ4n) is 2.83. The molecule has 0 spiro atoms. The number of likely N-dealkylation sites (tertiary alicyclic amines) is 1. The molecule has 0 amide bonds. The molecule has 1 aromatic rings. The van der Waals surface area contributed by atoms with E-state index in [-0.39, 0.29) is 0 Å². The predicted octanol–water partition coefficient (Wildman–Crippen LogP) is 2.39. The van der Waals surface area contributed by atoms with Crippen LogP contribution in [0.2, 0.25) is 0 Å². The number of ether oxygens (including phenoxy) is 1. The summed E-state index contributed by atoms with van der Waals surface area (Å²) in [5.74, 6) is 1.52. The average Bonchev–Trinajstić information content (AvgIpc) is 2.53. The Kier molecular flexibility index (Phi) is 6.04. The number of hydrogen-bond acceptors (Lipinski definition) is 4. The van der Waals surface area contributed by atoms with Gasteiger partial charge >= 0.3 is 0 Å². The van der Waals surface area contributed by atoms with Crippen LogP contribution in [-0.4, -0.2) is 38.7 Å². The Labute approximate surface area is 127 Å². The van der Waals surface area contributed by atoms with E-state index in [9.17, 15) is 0 Å². The summed E-state index contributed by atoms with van der Waals surface area (Å²) in [5.41, 5.74) is 1.75. The van der Waals surface area contributed by atoms with Crippen LogP contribution in [0.4, 0.5) is 0 Å². The Balaban J connectivity index is 1.72. The molecule has 1 heterocycles. The summed E-state index contributed by atoms with van der Waals surface area (Å²) in [4.78, 5) is 2.41. The highest BCUT2D eigenvalue weighted by molar-refractivity contribution is 5.45. The van der Waals surface area contributed by atoms with Gasteiger partial charge in [-0.2, -0.15) is 5.26 Å². The first-order valence-corrected chi connectivity index (χ1v) is 7.69. The van der Waals surface area contributed by atoms with Crippen molar-refractivity contribution in [1.82, 2.24) is 10.2 Å². The molecule has 0 atom stereocenters. The van der Waals surface area contributed by atoms with Gasteiger partial charge in [0, 0.05) is 6.54 Å². The smallest absolute Gasteiger partial charge is 0.136 e. The van der Waals surface area contributed by atoms with Crippen molar-refractivity contribution >= 4 is 0 Å². The molecule has 4 heteroatoms. The second-order valence-corrected chi connectivity index (χ2v) is 5.86. The molecule has 1 fully saturated rings. The van der Waals surface area contributed by atoms with Gasteiger partial charge in [-0.3, -0.25) is 0 Å². The molecule has 1 N–H and O–H groups in total. The molecule has 0 bridgehead atoms. The molecule has 0 radical (unpaired) electrons. The first kappa shape index (κ1) is 15.8. The molecular formula is C17H25N3O. The van der Waals surface area contributed by atoms with Crippen LogP contribution in [0.5, 0.6) is 5.75 Å². The van der Waals surface area contributed by atoms with Gasteiger partial charge in [0.15, 0.2) is 0 Å². The largest absolute Gasteiger partial charge is 0.495 e. The van der Waals surface area contributed by atoms with Crippen LogP contribution >= 0.6 is 0 Å². The van der Waals surface area contributed by atoms with Crippen LogP contribution < -0.4 is 10.1 Å². The SMILES string of the molecule is COc1cc(CNCCC2CCN(C)CC2)ccc1C#N. The molecule has 0 unspecified atom stereocenters. The molecule has 0 aliphatic carbocycles. The summed E-state index contributed by atoms with van der Waals surface area (Å²) >= 11 is 0. The molecule has 4 nitrogen and oxygen atoms in total. The van der Waals surface area contributed by atoms with E-state index in [1.54, 1.807) is 7.11 Å². The second-order valence-electron chi connectivity index (χ2n) is 5.86. The number of benzene rings is 1. The number of nitrogens with one attached hydrogen (secondary N) is 1. The fourth-order valence-corrected chi connectivity index (χ4v) is 2.83. The van der Waals surface area contributed by atoms with Crippen molar-refractivity contribution in [2.45, 2.75) is 25.8 Å². The first-order valence-electron chi connectivity index (χ1n) is 7.69. The van der Waals surface area contributed by atoms with Crippen LogP contribution in [0.1, 0.15) is 30.4 Å². The van der Waals surface area contributed by atoms with Gasteiger partial charge in [0.1, 0.15) is 11.8 Å².